The van der Waals surface area contributed by atoms with Crippen LogP contribution in [0.2, 0.25) is 0 Å². The van der Waals surface area contributed by atoms with E-state index in [-0.39, 0.29) is 7.92 Å². The number of carboxylic acid groups (broad SMARTS) is 1. The molecule has 0 spiro atoms. The Hall–Kier alpha value is -0.998. The molecule has 0 bridgehead atoms. The molecule has 4 heteroatoms. The van der Waals surface area contributed by atoms with Gasteiger partial charge in [-0.15, -0.1) is 0 Å². The quantitative estimate of drug-likeness (QED) is 0.425. The summed E-state index contributed by atoms with van der Waals surface area (Å²) in [6.07, 6.45) is 8.03. The van der Waals surface area contributed by atoms with Crippen molar-refractivity contribution in [1.82, 2.24) is 0 Å². The molecule has 0 aliphatic rings. The summed E-state index contributed by atoms with van der Waals surface area (Å²) in [6, 6.07) is 17.7. The summed E-state index contributed by atoms with van der Waals surface area (Å²) in [5, 5.41) is 9.01. The van der Waals surface area contributed by atoms with Gasteiger partial charge in [-0.05, 0) is 0 Å². The summed E-state index contributed by atoms with van der Waals surface area (Å²) < 4.78 is 1.24. The Morgan fingerprint density at radius 1 is 0.923 bits per heavy atom. The average Bonchev–Trinajstić information content (AvgIpc) is 2.62. The standard InChI is InChI=1S/C20H26P.C2H4O2.Pd/c1-3-5-16-21(17-6-4-2)20-15-11-10-14-19(20)18-12-8-7-9-13-18;1-2(3)4;/h7-12,14-15H,3-6,16-17H2,1-2H3;1H3,(H,3,4);. The van der Waals surface area contributed by atoms with E-state index in [4.69, 9.17) is 9.90 Å². The molecule has 0 heterocycles. The molecule has 0 unspecified atom stereocenters. The van der Waals surface area contributed by atoms with Gasteiger partial charge in [-0.2, -0.15) is 0 Å². The number of benzene rings is 2. The Labute approximate surface area is 170 Å². The van der Waals surface area contributed by atoms with Crippen molar-refractivity contribution in [3.05, 3.63) is 48.5 Å². The molecule has 26 heavy (non-hydrogen) atoms. The maximum absolute atomic E-state index is 9.00. The molecule has 2 aromatic rings. The zero-order valence-corrected chi connectivity index (χ0v) is 18.4. The first-order chi connectivity index (χ1) is 12.5. The molecular weight excluding hydrogens is 434 g/mol. The van der Waals surface area contributed by atoms with Crippen LogP contribution in [0.3, 0.4) is 0 Å². The third-order valence-electron chi connectivity index (χ3n) is 3.95. The van der Waals surface area contributed by atoms with Gasteiger partial charge in [0, 0.05) is 6.92 Å². The number of carbonyl (C=O) groups is 1. The predicted octanol–water partition coefficient (Wildman–Crippen LogP) is 5.32. The Balaban J connectivity index is 0.000000765. The number of aliphatic carboxylic acids is 1. The summed E-state index contributed by atoms with van der Waals surface area (Å²) in [7, 11) is -0.0410. The molecule has 0 saturated carbocycles. The van der Waals surface area contributed by atoms with E-state index in [0.29, 0.717) is 0 Å². The SMILES string of the molecule is CC(=O)O.CCCCP(CCCC)c1ccccc1-c1cccc[c]1[Pd]. The zero-order chi connectivity index (χ0) is 19.4. The molecular formula is C22H30O2PPd. The first-order valence-corrected chi connectivity index (χ1v) is 11.8. The molecule has 1 N–H and O–H groups in total. The fourth-order valence-electron chi connectivity index (χ4n) is 2.69. The van der Waals surface area contributed by atoms with Gasteiger partial charge >= 0.3 is 148 Å². The third-order valence-corrected chi connectivity index (χ3v) is 7.41. The van der Waals surface area contributed by atoms with Crippen LogP contribution in [-0.2, 0) is 24.0 Å². The summed E-state index contributed by atoms with van der Waals surface area (Å²) in [4.78, 5) is 9.00. The number of rotatable bonds is 8. The van der Waals surface area contributed by atoms with Gasteiger partial charge < -0.3 is 5.11 Å². The van der Waals surface area contributed by atoms with Crippen molar-refractivity contribution < 1.29 is 29.1 Å². The predicted molar refractivity (Wildman–Crippen MR) is 111 cm³/mol. The van der Waals surface area contributed by atoms with Gasteiger partial charge in [-0.1, -0.05) is 0 Å². The monoisotopic (exact) mass is 463 g/mol. The van der Waals surface area contributed by atoms with Crippen LogP contribution in [0.5, 0.6) is 0 Å². The van der Waals surface area contributed by atoms with Crippen molar-refractivity contribution in [2.24, 2.45) is 0 Å². The van der Waals surface area contributed by atoms with E-state index in [0.717, 1.165) is 6.92 Å². The van der Waals surface area contributed by atoms with Gasteiger partial charge in [-0.25, -0.2) is 0 Å². The normalized spacial score (nSPS) is 10.4. The van der Waals surface area contributed by atoms with Crippen LogP contribution >= 0.6 is 7.92 Å². The van der Waals surface area contributed by atoms with E-state index in [2.05, 4.69) is 81.6 Å². The van der Waals surface area contributed by atoms with Gasteiger partial charge in [-0.3, -0.25) is 4.79 Å². The van der Waals surface area contributed by atoms with Gasteiger partial charge in [0.15, 0.2) is 0 Å². The number of hydrogen-bond donors (Lipinski definition) is 1. The molecule has 0 radical (unpaired) electrons. The van der Waals surface area contributed by atoms with Crippen molar-refractivity contribution >= 4 is 23.2 Å². The third kappa shape index (κ3) is 8.13. The molecule has 145 valence electrons. The minimum atomic E-state index is -0.833. The van der Waals surface area contributed by atoms with Gasteiger partial charge in [0.25, 0.3) is 5.97 Å². The Bertz CT molecular complexity index is 661. The second-order valence-corrected chi connectivity index (χ2v) is 9.47. The van der Waals surface area contributed by atoms with Crippen LogP contribution in [0.1, 0.15) is 46.5 Å². The molecule has 2 rings (SSSR count). The van der Waals surface area contributed by atoms with Gasteiger partial charge in [0.05, 0.1) is 0 Å². The van der Waals surface area contributed by atoms with Crippen LogP contribution in [0.15, 0.2) is 48.5 Å². The molecule has 0 aliphatic carbocycles. The summed E-state index contributed by atoms with van der Waals surface area (Å²) in [5.41, 5.74) is 2.78. The van der Waals surface area contributed by atoms with Crippen molar-refractivity contribution in [2.75, 3.05) is 12.3 Å². The van der Waals surface area contributed by atoms with Gasteiger partial charge in [0.1, 0.15) is 0 Å². The second kappa shape index (κ2) is 13.2. The Morgan fingerprint density at radius 2 is 1.38 bits per heavy atom. The van der Waals surface area contributed by atoms with E-state index < -0.39 is 5.97 Å². The van der Waals surface area contributed by atoms with E-state index in [1.807, 2.05) is 0 Å². The number of unbranched alkanes of at least 4 members (excludes halogenated alkanes) is 2. The maximum atomic E-state index is 9.00. The molecule has 0 saturated heterocycles. The van der Waals surface area contributed by atoms with E-state index in [1.165, 1.54) is 53.2 Å². The fourth-order valence-corrected chi connectivity index (χ4v) is 6.11. The van der Waals surface area contributed by atoms with E-state index in [1.54, 1.807) is 5.30 Å². The zero-order valence-electron chi connectivity index (χ0n) is 16.0. The Morgan fingerprint density at radius 3 is 1.88 bits per heavy atom. The molecule has 0 atom stereocenters. The summed E-state index contributed by atoms with van der Waals surface area (Å²) in [5.74, 6) is -0.833. The average molecular weight is 464 g/mol. The van der Waals surface area contributed by atoms with Crippen LogP contribution in [-0.4, -0.2) is 23.4 Å². The van der Waals surface area contributed by atoms with E-state index >= 15 is 0 Å². The Kier molecular flexibility index (Phi) is 11.7. The van der Waals surface area contributed by atoms with Crippen LogP contribution in [0.25, 0.3) is 11.1 Å². The first kappa shape index (κ1) is 23.0. The summed E-state index contributed by atoms with van der Waals surface area (Å²) in [6.45, 7) is 5.68. The van der Waals surface area contributed by atoms with E-state index in [9.17, 15) is 0 Å². The molecule has 0 amide bonds. The van der Waals surface area contributed by atoms with Crippen molar-refractivity contribution in [3.8, 4) is 11.1 Å². The first-order valence-electron chi connectivity index (χ1n) is 9.26. The minimum absolute atomic E-state index is 0.0410. The topological polar surface area (TPSA) is 37.3 Å². The van der Waals surface area contributed by atoms with Crippen LogP contribution in [0, 0.1) is 0 Å². The molecule has 0 fully saturated rings. The molecule has 0 aliphatic heterocycles. The number of carboxylic acids is 1. The van der Waals surface area contributed by atoms with Gasteiger partial charge in [0.2, 0.25) is 0 Å². The van der Waals surface area contributed by atoms with Crippen LogP contribution in [0.4, 0.5) is 0 Å². The fraction of sp³-hybridized carbons (Fsp3) is 0.409. The second-order valence-electron chi connectivity index (χ2n) is 6.18. The molecule has 2 aromatic carbocycles. The molecule has 2 nitrogen and oxygen atoms in total. The van der Waals surface area contributed by atoms with Crippen molar-refractivity contribution in [1.29, 1.82) is 0 Å². The van der Waals surface area contributed by atoms with Crippen LogP contribution < -0.4 is 9.34 Å². The number of hydrogen-bond acceptors (Lipinski definition) is 1. The molecule has 0 aromatic heterocycles. The van der Waals surface area contributed by atoms with Crippen molar-refractivity contribution in [3.63, 3.8) is 0 Å². The summed E-state index contributed by atoms with van der Waals surface area (Å²) >= 11 is 3.43. The van der Waals surface area contributed by atoms with Crippen molar-refractivity contribution in [2.45, 2.75) is 46.5 Å².